The van der Waals surface area contributed by atoms with Crippen LogP contribution < -0.4 is 0 Å². The minimum atomic E-state index is 0.636. The number of para-hydroxylation sites is 1. The van der Waals surface area contributed by atoms with E-state index in [0.29, 0.717) is 17.5 Å². The Morgan fingerprint density at radius 1 is 0.375 bits per heavy atom. The van der Waals surface area contributed by atoms with Crippen LogP contribution in [0.2, 0.25) is 0 Å². The summed E-state index contributed by atoms with van der Waals surface area (Å²) >= 11 is 0. The van der Waals surface area contributed by atoms with E-state index in [0.717, 1.165) is 66.1 Å². The molecule has 0 radical (unpaired) electrons. The number of benzene rings is 7. The standard InChI is InChI=1S/C43H26N4O/c1-3-13-27(14-4-1)41-44-42(28-15-5-2-6-16-28)46-43(45-41)33-25-26-34(30-18-8-7-17-29(30)33)47-35-21-11-20-32-31-19-9-10-23-37(31)48-38-24-12-22-36(47)40(38)39(32)35/h1-26H. The van der Waals surface area contributed by atoms with Crippen LogP contribution in [0.25, 0.3) is 94.4 Å². The predicted octanol–water partition coefficient (Wildman–Crippen LogP) is 11.0. The van der Waals surface area contributed by atoms with Gasteiger partial charge in [0, 0.05) is 32.8 Å². The Hall–Kier alpha value is -6.59. The van der Waals surface area contributed by atoms with Crippen LogP contribution in [0.3, 0.4) is 0 Å². The lowest BCUT2D eigenvalue weighted by atomic mass is 10.0. The van der Waals surface area contributed by atoms with Crippen molar-refractivity contribution in [3.05, 3.63) is 158 Å². The first-order valence-corrected chi connectivity index (χ1v) is 16.0. The number of hydrogen-bond donors (Lipinski definition) is 0. The smallest absolute Gasteiger partial charge is 0.164 e. The molecule has 0 aliphatic rings. The molecule has 5 heteroatoms. The zero-order chi connectivity index (χ0) is 31.6. The van der Waals surface area contributed by atoms with Gasteiger partial charge < -0.3 is 8.98 Å². The Morgan fingerprint density at radius 3 is 1.65 bits per heavy atom. The van der Waals surface area contributed by atoms with Crippen LogP contribution in [0.4, 0.5) is 0 Å². The highest BCUT2D eigenvalue weighted by Crippen LogP contribution is 2.42. The molecule has 0 bridgehead atoms. The van der Waals surface area contributed by atoms with Gasteiger partial charge in [0.2, 0.25) is 0 Å². The van der Waals surface area contributed by atoms with E-state index in [1.165, 1.54) is 10.8 Å². The highest BCUT2D eigenvalue weighted by Gasteiger charge is 2.21. The molecule has 0 spiro atoms. The molecule has 0 N–H and O–H groups in total. The van der Waals surface area contributed by atoms with Crippen LogP contribution in [0.1, 0.15) is 0 Å². The van der Waals surface area contributed by atoms with Gasteiger partial charge in [0.25, 0.3) is 0 Å². The van der Waals surface area contributed by atoms with Gasteiger partial charge in [-0.05, 0) is 47.2 Å². The first kappa shape index (κ1) is 26.6. The maximum Gasteiger partial charge on any atom is 0.164 e. The fraction of sp³-hybridized carbons (Fsp3) is 0. The third kappa shape index (κ3) is 4.01. The Bertz CT molecular complexity index is 2780. The Balaban J connectivity index is 1.26. The molecule has 3 heterocycles. The summed E-state index contributed by atoms with van der Waals surface area (Å²) in [4.78, 5) is 15.0. The van der Waals surface area contributed by atoms with Gasteiger partial charge in [-0.3, -0.25) is 0 Å². The second-order valence-corrected chi connectivity index (χ2v) is 12.0. The van der Waals surface area contributed by atoms with Gasteiger partial charge in [0.05, 0.1) is 22.1 Å². The molecule has 0 aliphatic heterocycles. The molecule has 0 amide bonds. The second kappa shape index (κ2) is 10.5. The molecule has 0 saturated heterocycles. The number of nitrogens with zero attached hydrogens (tertiary/aromatic N) is 4. The zero-order valence-corrected chi connectivity index (χ0v) is 25.7. The first-order chi connectivity index (χ1) is 23.8. The third-order valence-corrected chi connectivity index (χ3v) is 9.26. The van der Waals surface area contributed by atoms with Gasteiger partial charge in [-0.15, -0.1) is 0 Å². The average molecular weight is 615 g/mol. The molecular formula is C43H26N4O. The highest BCUT2D eigenvalue weighted by atomic mass is 16.3. The Morgan fingerprint density at radius 2 is 0.917 bits per heavy atom. The zero-order valence-electron chi connectivity index (χ0n) is 25.7. The van der Waals surface area contributed by atoms with E-state index in [9.17, 15) is 0 Å². The fourth-order valence-electron chi connectivity index (χ4n) is 7.14. The number of fused-ring (bicyclic) bond motifs is 3. The van der Waals surface area contributed by atoms with Crippen LogP contribution >= 0.6 is 0 Å². The van der Waals surface area contributed by atoms with E-state index in [-0.39, 0.29) is 0 Å². The summed E-state index contributed by atoms with van der Waals surface area (Å²) < 4.78 is 8.97. The van der Waals surface area contributed by atoms with Crippen LogP contribution in [0.5, 0.6) is 0 Å². The lowest BCUT2D eigenvalue weighted by Crippen LogP contribution is -2.01. The predicted molar refractivity (Wildman–Crippen MR) is 195 cm³/mol. The monoisotopic (exact) mass is 614 g/mol. The van der Waals surface area contributed by atoms with Crippen molar-refractivity contribution < 1.29 is 4.42 Å². The molecular weight excluding hydrogens is 589 g/mol. The van der Waals surface area contributed by atoms with Crippen LogP contribution in [-0.2, 0) is 0 Å². The highest BCUT2D eigenvalue weighted by molar-refractivity contribution is 6.27. The maximum absolute atomic E-state index is 6.59. The van der Waals surface area contributed by atoms with Gasteiger partial charge >= 0.3 is 0 Å². The molecule has 10 rings (SSSR count). The maximum atomic E-state index is 6.59. The van der Waals surface area contributed by atoms with Crippen molar-refractivity contribution in [1.82, 2.24) is 19.5 Å². The number of rotatable bonds is 4. The first-order valence-electron chi connectivity index (χ1n) is 16.0. The second-order valence-electron chi connectivity index (χ2n) is 12.0. The Kier molecular flexibility index (Phi) is 5.81. The summed E-state index contributed by atoms with van der Waals surface area (Å²) in [5, 5.41) is 6.74. The molecule has 0 fully saturated rings. The summed E-state index contributed by atoms with van der Waals surface area (Å²) in [6.07, 6.45) is 0. The van der Waals surface area contributed by atoms with Crippen molar-refractivity contribution in [2.45, 2.75) is 0 Å². The summed E-state index contributed by atoms with van der Waals surface area (Å²) in [7, 11) is 0. The summed E-state index contributed by atoms with van der Waals surface area (Å²) in [5.74, 6) is 1.92. The van der Waals surface area contributed by atoms with Crippen molar-refractivity contribution >= 4 is 54.5 Å². The van der Waals surface area contributed by atoms with Crippen LogP contribution in [-0.4, -0.2) is 19.5 Å². The van der Waals surface area contributed by atoms with Crippen LogP contribution in [0.15, 0.2) is 162 Å². The molecule has 0 unspecified atom stereocenters. The molecule has 224 valence electrons. The van der Waals surface area contributed by atoms with Gasteiger partial charge in [-0.2, -0.15) is 0 Å². The molecule has 0 aliphatic carbocycles. The summed E-state index contributed by atoms with van der Waals surface area (Å²) in [5.41, 5.74) is 7.89. The van der Waals surface area contributed by atoms with Crippen LogP contribution in [0, 0.1) is 0 Å². The van der Waals surface area contributed by atoms with Gasteiger partial charge in [0.1, 0.15) is 11.2 Å². The largest absolute Gasteiger partial charge is 0.456 e. The van der Waals surface area contributed by atoms with Crippen molar-refractivity contribution in [1.29, 1.82) is 0 Å². The van der Waals surface area contributed by atoms with Crippen molar-refractivity contribution in [3.63, 3.8) is 0 Å². The number of hydrogen-bond acceptors (Lipinski definition) is 4. The lowest BCUT2D eigenvalue weighted by molar-refractivity contribution is 0.664. The molecule has 5 nitrogen and oxygen atoms in total. The topological polar surface area (TPSA) is 56.7 Å². The van der Waals surface area contributed by atoms with Gasteiger partial charge in [-0.25, -0.2) is 15.0 Å². The summed E-state index contributed by atoms with van der Waals surface area (Å²) in [6, 6.07) is 54.3. The van der Waals surface area contributed by atoms with Crippen molar-refractivity contribution in [2.75, 3.05) is 0 Å². The van der Waals surface area contributed by atoms with E-state index in [1.54, 1.807) is 0 Å². The van der Waals surface area contributed by atoms with Gasteiger partial charge in [0.15, 0.2) is 17.5 Å². The van der Waals surface area contributed by atoms with E-state index in [4.69, 9.17) is 19.4 Å². The molecule has 0 saturated carbocycles. The normalized spacial score (nSPS) is 11.8. The van der Waals surface area contributed by atoms with Gasteiger partial charge in [-0.1, -0.05) is 121 Å². The minimum absolute atomic E-state index is 0.636. The minimum Gasteiger partial charge on any atom is -0.456 e. The van der Waals surface area contributed by atoms with E-state index < -0.39 is 0 Å². The molecule has 0 atom stereocenters. The molecule has 48 heavy (non-hydrogen) atoms. The van der Waals surface area contributed by atoms with Crippen molar-refractivity contribution in [3.8, 4) is 39.9 Å². The SMILES string of the molecule is c1ccc(-c2nc(-c3ccccc3)nc(-c3ccc(-n4c5cccc6oc7ccccc7c7cccc4c7c65)c4ccccc34)n2)cc1. The Labute approximate surface area is 275 Å². The van der Waals surface area contributed by atoms with E-state index in [1.807, 2.05) is 72.8 Å². The van der Waals surface area contributed by atoms with E-state index >= 15 is 0 Å². The fourth-order valence-corrected chi connectivity index (χ4v) is 7.14. The molecule has 7 aromatic carbocycles. The third-order valence-electron chi connectivity index (χ3n) is 9.26. The number of aromatic nitrogens is 4. The quantitative estimate of drug-likeness (QED) is 0.198. The molecule has 3 aromatic heterocycles. The van der Waals surface area contributed by atoms with Crippen molar-refractivity contribution in [2.24, 2.45) is 0 Å². The average Bonchev–Trinajstić information content (AvgIpc) is 3.42. The molecule has 10 aromatic rings. The van der Waals surface area contributed by atoms with E-state index in [2.05, 4.69) is 89.5 Å². The summed E-state index contributed by atoms with van der Waals surface area (Å²) in [6.45, 7) is 0. The lowest BCUT2D eigenvalue weighted by Gasteiger charge is -2.15.